The number of hydrogen-bond acceptors (Lipinski definition) is 2. The summed E-state index contributed by atoms with van der Waals surface area (Å²) in [7, 11) is 0. The number of fused-ring (bicyclic) bond motifs is 1. The molecule has 1 atom stereocenters. The molecule has 1 aromatic rings. The number of carbonyl (C=O) groups excluding carboxylic acids is 1. The number of rotatable bonds is 1. The molecule has 0 fully saturated rings. The zero-order chi connectivity index (χ0) is 12.6. The first kappa shape index (κ1) is 12.4. The van der Waals surface area contributed by atoms with E-state index in [1.807, 2.05) is 18.7 Å². The second-order valence-corrected chi connectivity index (χ2v) is 5.03. The van der Waals surface area contributed by atoms with Crippen LogP contribution in [-0.2, 0) is 4.79 Å². The highest BCUT2D eigenvalue weighted by atomic mass is 79.9. The van der Waals surface area contributed by atoms with Gasteiger partial charge in [0.25, 0.3) is 0 Å². The molecular weight excluding hydrogens is 287 g/mol. The topological polar surface area (TPSA) is 32.3 Å². The van der Waals surface area contributed by atoms with E-state index in [1.165, 1.54) is 6.07 Å². The van der Waals surface area contributed by atoms with E-state index >= 15 is 0 Å². The third-order valence-electron chi connectivity index (χ3n) is 2.98. The lowest BCUT2D eigenvalue weighted by molar-refractivity contribution is -0.116. The minimum atomic E-state index is -0.314. The molecule has 1 aromatic carbocycles. The Morgan fingerprint density at radius 2 is 2.29 bits per heavy atom. The van der Waals surface area contributed by atoms with E-state index in [4.69, 9.17) is 0 Å². The molecule has 1 aliphatic rings. The van der Waals surface area contributed by atoms with Crippen LogP contribution in [0.4, 0.5) is 15.8 Å². The second-order valence-electron chi connectivity index (χ2n) is 4.17. The van der Waals surface area contributed by atoms with E-state index in [0.717, 1.165) is 12.2 Å². The summed E-state index contributed by atoms with van der Waals surface area (Å²) in [5.74, 6) is -0.348. The Kier molecular flexibility index (Phi) is 3.38. The summed E-state index contributed by atoms with van der Waals surface area (Å²) in [6, 6.07) is 3.15. The SMILES string of the molecule is CCN1c2cc(F)c(Br)cc2NC(=O)CC1C. The fourth-order valence-corrected chi connectivity index (χ4v) is 2.52. The zero-order valence-corrected chi connectivity index (χ0v) is 11.3. The average molecular weight is 301 g/mol. The largest absolute Gasteiger partial charge is 0.367 e. The van der Waals surface area contributed by atoms with E-state index in [1.54, 1.807) is 6.07 Å². The molecule has 1 unspecified atom stereocenters. The standard InChI is InChI=1S/C12H14BrFN2O/c1-3-16-7(2)4-12(17)15-10-5-8(13)9(14)6-11(10)16/h5-7H,3-4H2,1-2H3,(H,15,17). The highest BCUT2D eigenvalue weighted by Gasteiger charge is 2.25. The summed E-state index contributed by atoms with van der Waals surface area (Å²) in [5, 5.41) is 2.81. The van der Waals surface area contributed by atoms with Crippen molar-refractivity contribution < 1.29 is 9.18 Å². The van der Waals surface area contributed by atoms with Gasteiger partial charge in [0.15, 0.2) is 0 Å². The van der Waals surface area contributed by atoms with Crippen LogP contribution in [0.25, 0.3) is 0 Å². The molecular formula is C12H14BrFN2O. The van der Waals surface area contributed by atoms with Crippen molar-refractivity contribution in [3.63, 3.8) is 0 Å². The van der Waals surface area contributed by atoms with Gasteiger partial charge in [-0.25, -0.2) is 4.39 Å². The Bertz CT molecular complexity index is 464. The predicted octanol–water partition coefficient (Wildman–Crippen LogP) is 3.15. The number of anilines is 2. The molecule has 3 nitrogen and oxygen atoms in total. The monoisotopic (exact) mass is 300 g/mol. The maximum Gasteiger partial charge on any atom is 0.226 e. The molecule has 5 heteroatoms. The summed E-state index contributed by atoms with van der Waals surface area (Å²) in [4.78, 5) is 13.7. The van der Waals surface area contributed by atoms with Crippen LogP contribution in [0.15, 0.2) is 16.6 Å². The molecule has 92 valence electrons. The molecule has 0 aromatic heterocycles. The summed E-state index contributed by atoms with van der Waals surface area (Å²) >= 11 is 3.13. The first-order valence-electron chi connectivity index (χ1n) is 5.58. The van der Waals surface area contributed by atoms with Gasteiger partial charge < -0.3 is 10.2 Å². The van der Waals surface area contributed by atoms with Crippen molar-refractivity contribution in [3.05, 3.63) is 22.4 Å². The minimum Gasteiger partial charge on any atom is -0.367 e. The molecule has 1 aliphatic heterocycles. The van der Waals surface area contributed by atoms with Gasteiger partial charge in [0.1, 0.15) is 5.82 Å². The molecule has 1 heterocycles. The molecule has 0 saturated carbocycles. The van der Waals surface area contributed by atoms with Crippen LogP contribution < -0.4 is 10.2 Å². The highest BCUT2D eigenvalue weighted by Crippen LogP contribution is 2.35. The number of nitrogens with one attached hydrogen (secondary N) is 1. The van der Waals surface area contributed by atoms with Crippen molar-refractivity contribution >= 4 is 33.2 Å². The third kappa shape index (κ3) is 2.29. The molecule has 1 amide bonds. The van der Waals surface area contributed by atoms with Crippen molar-refractivity contribution in [1.82, 2.24) is 0 Å². The number of nitrogens with zero attached hydrogens (tertiary/aromatic N) is 1. The van der Waals surface area contributed by atoms with Gasteiger partial charge in [-0.2, -0.15) is 0 Å². The Balaban J connectivity index is 2.55. The van der Waals surface area contributed by atoms with Crippen LogP contribution in [0.1, 0.15) is 20.3 Å². The first-order valence-corrected chi connectivity index (χ1v) is 6.37. The maximum absolute atomic E-state index is 13.6. The molecule has 0 spiro atoms. The maximum atomic E-state index is 13.6. The van der Waals surface area contributed by atoms with Crippen molar-refractivity contribution in [3.8, 4) is 0 Å². The fraction of sp³-hybridized carbons (Fsp3) is 0.417. The lowest BCUT2D eigenvalue weighted by atomic mass is 10.2. The number of benzene rings is 1. The van der Waals surface area contributed by atoms with Crippen LogP contribution in [0, 0.1) is 5.82 Å². The Morgan fingerprint density at radius 3 is 2.94 bits per heavy atom. The van der Waals surface area contributed by atoms with Crippen LogP contribution in [0.3, 0.4) is 0 Å². The van der Waals surface area contributed by atoms with E-state index in [0.29, 0.717) is 16.6 Å². The Morgan fingerprint density at radius 1 is 1.59 bits per heavy atom. The van der Waals surface area contributed by atoms with Crippen molar-refractivity contribution in [1.29, 1.82) is 0 Å². The Hall–Kier alpha value is -1.10. The highest BCUT2D eigenvalue weighted by molar-refractivity contribution is 9.10. The van der Waals surface area contributed by atoms with Gasteiger partial charge in [0.05, 0.1) is 15.8 Å². The van der Waals surface area contributed by atoms with E-state index < -0.39 is 0 Å². The fourth-order valence-electron chi connectivity index (χ4n) is 2.17. The first-order chi connectivity index (χ1) is 8.02. The smallest absolute Gasteiger partial charge is 0.226 e. The van der Waals surface area contributed by atoms with Crippen molar-refractivity contribution in [2.45, 2.75) is 26.3 Å². The number of halogens is 2. The van der Waals surface area contributed by atoms with Crippen LogP contribution in [0.2, 0.25) is 0 Å². The van der Waals surface area contributed by atoms with E-state index in [-0.39, 0.29) is 17.8 Å². The molecule has 1 N–H and O–H groups in total. The Labute approximate surface area is 108 Å². The average Bonchev–Trinajstić information content (AvgIpc) is 2.35. The van der Waals surface area contributed by atoms with Gasteiger partial charge in [-0.1, -0.05) is 0 Å². The van der Waals surface area contributed by atoms with Crippen LogP contribution >= 0.6 is 15.9 Å². The summed E-state index contributed by atoms with van der Waals surface area (Å²) in [6.07, 6.45) is 0.418. The number of amides is 1. The lowest BCUT2D eigenvalue weighted by Gasteiger charge is -2.28. The van der Waals surface area contributed by atoms with Crippen molar-refractivity contribution in [2.75, 3.05) is 16.8 Å². The zero-order valence-electron chi connectivity index (χ0n) is 9.76. The second kappa shape index (κ2) is 4.64. The van der Waals surface area contributed by atoms with E-state index in [2.05, 4.69) is 21.2 Å². The predicted molar refractivity (Wildman–Crippen MR) is 69.8 cm³/mol. The molecule has 0 aliphatic carbocycles. The van der Waals surface area contributed by atoms with Gasteiger partial charge in [-0.3, -0.25) is 4.79 Å². The lowest BCUT2D eigenvalue weighted by Crippen LogP contribution is -2.33. The third-order valence-corrected chi connectivity index (χ3v) is 3.58. The molecule has 2 rings (SSSR count). The molecule has 17 heavy (non-hydrogen) atoms. The van der Waals surface area contributed by atoms with Gasteiger partial charge in [-0.15, -0.1) is 0 Å². The minimum absolute atomic E-state index is 0.0341. The summed E-state index contributed by atoms with van der Waals surface area (Å²) < 4.78 is 14.0. The van der Waals surface area contributed by atoms with Gasteiger partial charge in [0, 0.05) is 25.1 Å². The molecule has 0 bridgehead atoms. The molecule has 0 saturated heterocycles. The normalized spacial score (nSPS) is 19.6. The summed E-state index contributed by atoms with van der Waals surface area (Å²) in [5.41, 5.74) is 1.40. The quantitative estimate of drug-likeness (QED) is 0.864. The number of carbonyl (C=O) groups is 1. The van der Waals surface area contributed by atoms with Crippen molar-refractivity contribution in [2.24, 2.45) is 0 Å². The van der Waals surface area contributed by atoms with Gasteiger partial charge in [-0.05, 0) is 35.8 Å². The van der Waals surface area contributed by atoms with Gasteiger partial charge >= 0.3 is 0 Å². The molecule has 0 radical (unpaired) electrons. The van der Waals surface area contributed by atoms with Crippen LogP contribution in [-0.4, -0.2) is 18.5 Å². The van der Waals surface area contributed by atoms with Gasteiger partial charge in [0.2, 0.25) is 5.91 Å². The van der Waals surface area contributed by atoms with Crippen LogP contribution in [0.5, 0.6) is 0 Å². The number of hydrogen-bond donors (Lipinski definition) is 1. The van der Waals surface area contributed by atoms with E-state index in [9.17, 15) is 9.18 Å². The summed E-state index contributed by atoms with van der Waals surface area (Å²) in [6.45, 7) is 4.71.